The molecule has 1 aliphatic carbocycles. The number of nitrogens with one attached hydrogen (secondary N) is 1. The van der Waals surface area contributed by atoms with Crippen molar-refractivity contribution < 1.29 is 23.6 Å². The topological polar surface area (TPSA) is 89.1 Å². The van der Waals surface area contributed by atoms with Crippen molar-refractivity contribution in [3.8, 4) is 5.75 Å². The van der Waals surface area contributed by atoms with Gasteiger partial charge in [-0.05, 0) is 98.6 Å². The summed E-state index contributed by atoms with van der Waals surface area (Å²) in [6.45, 7) is 18.8. The summed E-state index contributed by atoms with van der Waals surface area (Å²) < 4.78 is 20.3. The van der Waals surface area contributed by atoms with E-state index in [2.05, 4.69) is 141 Å². The van der Waals surface area contributed by atoms with Gasteiger partial charge in [0.2, 0.25) is 11.6 Å². The van der Waals surface area contributed by atoms with E-state index in [-0.39, 0.29) is 16.7 Å². The van der Waals surface area contributed by atoms with Crippen LogP contribution < -0.4 is 20.7 Å². The minimum absolute atomic E-state index is 0.0101. The lowest BCUT2D eigenvalue weighted by molar-refractivity contribution is -0.437. The molecule has 8 heteroatoms. The predicted molar refractivity (Wildman–Crippen MR) is 242 cm³/mol. The molecule has 59 heavy (non-hydrogen) atoms. The first-order chi connectivity index (χ1) is 28.6. The third kappa shape index (κ3) is 10.3. The summed E-state index contributed by atoms with van der Waals surface area (Å²) in [6.07, 6.45) is 15.5. The number of amides is 1. The van der Waals surface area contributed by atoms with E-state index in [0.717, 1.165) is 62.3 Å². The van der Waals surface area contributed by atoms with Crippen molar-refractivity contribution in [3.05, 3.63) is 136 Å². The molecule has 0 atom stereocenters. The number of carbonyl (C=O) groups is 1. The van der Waals surface area contributed by atoms with Crippen molar-refractivity contribution in [3.63, 3.8) is 0 Å². The zero-order valence-electron chi connectivity index (χ0n) is 36.4. The van der Waals surface area contributed by atoms with Crippen LogP contribution in [0.4, 0.5) is 11.4 Å². The molecule has 314 valence electrons. The maximum absolute atomic E-state index is 12.6. The summed E-state index contributed by atoms with van der Waals surface area (Å²) in [7, 11) is 0. The van der Waals surface area contributed by atoms with E-state index in [9.17, 15) is 4.79 Å². The molecule has 1 amide bonds. The number of benzene rings is 3. The number of fused-ring (bicyclic) bond motifs is 2. The number of carbonyl (C=O) groups excluding carboxylic acids is 1. The number of rotatable bonds is 20. The zero-order chi connectivity index (χ0) is 41.8. The second kappa shape index (κ2) is 20.5. The third-order valence-corrected chi connectivity index (χ3v) is 11.8. The lowest BCUT2D eigenvalue weighted by Gasteiger charge is -2.27. The fourth-order valence-corrected chi connectivity index (χ4v) is 8.78. The first-order valence-electron chi connectivity index (χ1n) is 21.9. The van der Waals surface area contributed by atoms with Crippen LogP contribution in [0, 0.1) is 0 Å². The third-order valence-electron chi connectivity index (χ3n) is 11.8. The van der Waals surface area contributed by atoms with Gasteiger partial charge in [-0.1, -0.05) is 82.3 Å². The molecule has 3 aliphatic rings. The first-order valence-corrected chi connectivity index (χ1v) is 21.9. The van der Waals surface area contributed by atoms with Crippen molar-refractivity contribution in [2.75, 3.05) is 57.5 Å². The van der Waals surface area contributed by atoms with E-state index in [1.54, 1.807) is 0 Å². The van der Waals surface area contributed by atoms with Crippen molar-refractivity contribution in [2.45, 2.75) is 97.3 Å². The van der Waals surface area contributed by atoms with E-state index in [4.69, 9.17) is 19.9 Å². The summed E-state index contributed by atoms with van der Waals surface area (Å²) >= 11 is 0. The normalized spacial score (nSPS) is 18.3. The van der Waals surface area contributed by atoms with Gasteiger partial charge in [-0.3, -0.25) is 4.79 Å². The zero-order valence-corrected chi connectivity index (χ0v) is 36.4. The second-order valence-electron chi connectivity index (χ2n) is 16.9. The lowest BCUT2D eigenvalue weighted by atomic mass is 9.81. The summed E-state index contributed by atoms with van der Waals surface area (Å²) in [5.41, 5.74) is 16.7. The number of aryl methyl sites for hydroxylation is 1. The Hall–Kier alpha value is -4.76. The van der Waals surface area contributed by atoms with Gasteiger partial charge in [-0.2, -0.15) is 4.58 Å². The molecule has 0 bridgehead atoms. The minimum Gasteiger partial charge on any atom is -0.457 e. The number of nitrogens with two attached hydrogens (primary N) is 1. The Morgan fingerprint density at radius 2 is 1.56 bits per heavy atom. The summed E-state index contributed by atoms with van der Waals surface area (Å²) in [4.78, 5) is 15.1. The standard InChI is InChI=1S/C51H66N4O4/c1-7-32-54-44-18-11-9-16-42(44)50(3,4)46(54)27-23-39-14-13-15-40(24-28-47-51(5,6)43-17-10-12-19-45(43)55(47)33-8-2)49(39)59-41-25-20-38(21-26-41)22-29-48(56)53-31-35-58-37-36-57-34-30-52/h9-12,16-21,23-28H,7-8,13-15,22,29-37,52H2,1-6H3/p+1. The average Bonchev–Trinajstić information content (AvgIpc) is 3.58. The van der Waals surface area contributed by atoms with Crippen molar-refractivity contribution in [1.82, 2.24) is 5.32 Å². The first kappa shape index (κ1) is 43.8. The lowest BCUT2D eigenvalue weighted by Crippen LogP contribution is -2.28. The van der Waals surface area contributed by atoms with Crippen LogP contribution in [-0.2, 0) is 31.5 Å². The average molecular weight is 800 g/mol. The van der Waals surface area contributed by atoms with Crippen molar-refractivity contribution >= 4 is 23.0 Å². The van der Waals surface area contributed by atoms with Crippen LogP contribution >= 0.6 is 0 Å². The molecular formula is C51H67N4O4+. The van der Waals surface area contributed by atoms with Crippen LogP contribution in [0.1, 0.15) is 96.8 Å². The number of allylic oxidation sites excluding steroid dienone is 7. The summed E-state index contributed by atoms with van der Waals surface area (Å²) in [5, 5.41) is 2.95. The van der Waals surface area contributed by atoms with Gasteiger partial charge < -0.3 is 30.2 Å². The Bertz CT molecular complexity index is 2070. The number of hydrogen-bond acceptors (Lipinski definition) is 6. The van der Waals surface area contributed by atoms with Crippen LogP contribution in [0.15, 0.2) is 120 Å². The van der Waals surface area contributed by atoms with E-state index in [1.807, 2.05) is 12.1 Å². The molecule has 0 saturated carbocycles. The Morgan fingerprint density at radius 3 is 2.31 bits per heavy atom. The van der Waals surface area contributed by atoms with Gasteiger partial charge in [0.25, 0.3) is 0 Å². The molecule has 2 aliphatic heterocycles. The van der Waals surface area contributed by atoms with Crippen LogP contribution in [0.25, 0.3) is 0 Å². The Labute approximate surface area is 353 Å². The molecule has 8 nitrogen and oxygen atoms in total. The van der Waals surface area contributed by atoms with Crippen molar-refractivity contribution in [2.24, 2.45) is 5.73 Å². The van der Waals surface area contributed by atoms with Crippen LogP contribution in [0.3, 0.4) is 0 Å². The van der Waals surface area contributed by atoms with E-state index < -0.39 is 0 Å². The van der Waals surface area contributed by atoms with Gasteiger partial charge in [0.1, 0.15) is 18.1 Å². The monoisotopic (exact) mass is 800 g/mol. The van der Waals surface area contributed by atoms with E-state index in [0.29, 0.717) is 52.4 Å². The molecule has 3 aromatic carbocycles. The molecule has 0 unspecified atom stereocenters. The van der Waals surface area contributed by atoms with Crippen LogP contribution in [0.2, 0.25) is 0 Å². The van der Waals surface area contributed by atoms with Gasteiger partial charge in [0.05, 0.1) is 31.8 Å². The molecule has 3 N–H and O–H groups in total. The molecule has 0 aromatic heterocycles. The molecule has 0 saturated heterocycles. The van der Waals surface area contributed by atoms with Gasteiger partial charge in [-0.25, -0.2) is 0 Å². The highest BCUT2D eigenvalue weighted by Crippen LogP contribution is 2.48. The molecule has 0 fully saturated rings. The molecule has 3 aromatic rings. The predicted octanol–water partition coefficient (Wildman–Crippen LogP) is 9.60. The van der Waals surface area contributed by atoms with E-state index >= 15 is 0 Å². The summed E-state index contributed by atoms with van der Waals surface area (Å²) in [6, 6.07) is 25.9. The maximum atomic E-state index is 12.6. The largest absolute Gasteiger partial charge is 0.457 e. The fourth-order valence-electron chi connectivity index (χ4n) is 8.78. The molecule has 0 spiro atoms. The smallest absolute Gasteiger partial charge is 0.220 e. The van der Waals surface area contributed by atoms with E-state index in [1.165, 1.54) is 45.1 Å². The van der Waals surface area contributed by atoms with Gasteiger partial charge >= 0.3 is 0 Å². The van der Waals surface area contributed by atoms with Gasteiger partial charge in [-0.15, -0.1) is 0 Å². The highest BCUT2D eigenvalue weighted by Gasteiger charge is 2.44. The maximum Gasteiger partial charge on any atom is 0.220 e. The molecule has 6 rings (SSSR count). The highest BCUT2D eigenvalue weighted by molar-refractivity contribution is 6.03. The number of nitrogens with zero attached hydrogens (tertiary/aromatic N) is 2. The van der Waals surface area contributed by atoms with Gasteiger partial charge in [0, 0.05) is 67.0 Å². The number of para-hydroxylation sites is 2. The van der Waals surface area contributed by atoms with Crippen LogP contribution in [0.5, 0.6) is 5.75 Å². The number of ether oxygens (including phenoxy) is 3. The van der Waals surface area contributed by atoms with Crippen molar-refractivity contribution in [1.29, 1.82) is 0 Å². The molecular weight excluding hydrogens is 733 g/mol. The minimum atomic E-state index is -0.117. The number of anilines is 1. The molecule has 0 radical (unpaired) electrons. The molecule has 2 heterocycles. The number of hydrogen-bond donors (Lipinski definition) is 2. The quantitative estimate of drug-likeness (QED) is 0.0875. The van der Waals surface area contributed by atoms with Gasteiger partial charge in [0.15, 0.2) is 5.71 Å². The second-order valence-corrected chi connectivity index (χ2v) is 16.9. The van der Waals surface area contributed by atoms with Crippen LogP contribution in [-0.4, -0.2) is 68.8 Å². The fraction of sp³-hybridized carbons (Fsp3) is 0.451. The Morgan fingerprint density at radius 1 is 0.831 bits per heavy atom. The Kier molecular flexibility index (Phi) is 15.2. The highest BCUT2D eigenvalue weighted by atomic mass is 16.5. The summed E-state index contributed by atoms with van der Waals surface area (Å²) in [5.74, 6) is 1.74. The SMILES string of the molecule is CCCN1/C(=C/C=C2\CCCC(/C=C/C3=[N+](CCC)c4ccccc4C3(C)C)=C2Oc2ccc(CCC(=O)NCCOCCOCCN)cc2)C(C)(C)c2ccccc21. The Balaban J connectivity index is 1.25.